The summed E-state index contributed by atoms with van der Waals surface area (Å²) in [4.78, 5) is 9.13. The lowest BCUT2D eigenvalue weighted by molar-refractivity contribution is 0.851. The smallest absolute Gasteiger partial charge is 0.215 e. The minimum atomic E-state index is 0.907. The van der Waals surface area contributed by atoms with Crippen molar-refractivity contribution in [2.75, 3.05) is 0 Å². The van der Waals surface area contributed by atoms with Crippen LogP contribution in [0.1, 0.15) is 25.0 Å². The predicted molar refractivity (Wildman–Crippen MR) is 73.3 cm³/mol. The molecule has 0 aliphatic rings. The molecule has 3 aromatic rings. The summed E-state index contributed by atoms with van der Waals surface area (Å²) in [5.41, 5.74) is 2.09. The molecule has 0 bridgehead atoms. The van der Waals surface area contributed by atoms with Crippen LogP contribution < -0.4 is 0 Å². The standard InChI is InChI=1S/C13H14N4S/c1-3-6-12-15-13(18-16-12)17-9(2)14-10-7-4-5-8-11(10)17/h4-5,7-8H,3,6H2,1-2H3. The minimum absolute atomic E-state index is 0.907. The summed E-state index contributed by atoms with van der Waals surface area (Å²) in [7, 11) is 0. The van der Waals surface area contributed by atoms with E-state index >= 15 is 0 Å². The summed E-state index contributed by atoms with van der Waals surface area (Å²) < 4.78 is 6.47. The number of benzene rings is 1. The quantitative estimate of drug-likeness (QED) is 0.725. The van der Waals surface area contributed by atoms with Crippen molar-refractivity contribution in [2.45, 2.75) is 26.7 Å². The first kappa shape index (κ1) is 11.3. The molecule has 0 amide bonds. The van der Waals surface area contributed by atoms with E-state index in [-0.39, 0.29) is 0 Å². The highest BCUT2D eigenvalue weighted by atomic mass is 32.1. The number of fused-ring (bicyclic) bond motifs is 1. The van der Waals surface area contributed by atoms with Gasteiger partial charge >= 0.3 is 0 Å². The van der Waals surface area contributed by atoms with Crippen LogP contribution in [0.4, 0.5) is 0 Å². The number of rotatable bonds is 3. The number of para-hydroxylation sites is 2. The van der Waals surface area contributed by atoms with Crippen molar-refractivity contribution in [1.82, 2.24) is 18.9 Å². The van der Waals surface area contributed by atoms with Crippen LogP contribution in [-0.4, -0.2) is 18.9 Å². The van der Waals surface area contributed by atoms with Gasteiger partial charge in [-0.3, -0.25) is 4.57 Å². The Morgan fingerprint density at radius 3 is 2.89 bits per heavy atom. The minimum Gasteiger partial charge on any atom is -0.271 e. The Kier molecular flexibility index (Phi) is 2.83. The summed E-state index contributed by atoms with van der Waals surface area (Å²) in [5, 5.41) is 0.907. The second-order valence-corrected chi connectivity index (χ2v) is 4.96. The van der Waals surface area contributed by atoms with E-state index in [0.29, 0.717) is 0 Å². The molecule has 2 aromatic heterocycles. The van der Waals surface area contributed by atoms with Crippen molar-refractivity contribution in [3.63, 3.8) is 0 Å². The van der Waals surface area contributed by atoms with Crippen molar-refractivity contribution >= 4 is 22.6 Å². The molecular formula is C13H14N4S. The largest absolute Gasteiger partial charge is 0.271 e. The highest BCUT2D eigenvalue weighted by Gasteiger charge is 2.12. The van der Waals surface area contributed by atoms with E-state index in [2.05, 4.69) is 31.9 Å². The predicted octanol–water partition coefficient (Wildman–Crippen LogP) is 3.14. The molecule has 1 aromatic carbocycles. The highest BCUT2D eigenvalue weighted by molar-refractivity contribution is 7.08. The molecule has 0 radical (unpaired) electrons. The zero-order chi connectivity index (χ0) is 12.5. The summed E-state index contributed by atoms with van der Waals surface area (Å²) in [6.45, 7) is 4.14. The van der Waals surface area contributed by atoms with Crippen LogP contribution in [-0.2, 0) is 6.42 Å². The number of aromatic nitrogens is 4. The van der Waals surface area contributed by atoms with Gasteiger partial charge in [0.15, 0.2) is 0 Å². The number of nitrogens with zero attached hydrogens (tertiary/aromatic N) is 4. The van der Waals surface area contributed by atoms with Crippen LogP contribution in [0.2, 0.25) is 0 Å². The fourth-order valence-electron chi connectivity index (χ4n) is 2.05. The molecule has 0 unspecified atom stereocenters. The number of hydrogen-bond donors (Lipinski definition) is 0. The maximum atomic E-state index is 4.58. The normalized spacial score (nSPS) is 11.2. The van der Waals surface area contributed by atoms with Gasteiger partial charge in [0.05, 0.1) is 11.0 Å². The summed E-state index contributed by atoms with van der Waals surface area (Å²) in [6.07, 6.45) is 2.00. The third-order valence-electron chi connectivity index (χ3n) is 2.85. The highest BCUT2D eigenvalue weighted by Crippen LogP contribution is 2.22. The molecule has 0 atom stereocenters. The van der Waals surface area contributed by atoms with Crippen molar-refractivity contribution in [1.29, 1.82) is 0 Å². The van der Waals surface area contributed by atoms with E-state index < -0.39 is 0 Å². The molecule has 0 fully saturated rings. The topological polar surface area (TPSA) is 43.6 Å². The average molecular weight is 258 g/mol. The summed E-state index contributed by atoms with van der Waals surface area (Å²) in [5.74, 6) is 1.88. The zero-order valence-electron chi connectivity index (χ0n) is 10.4. The van der Waals surface area contributed by atoms with E-state index in [4.69, 9.17) is 0 Å². The van der Waals surface area contributed by atoms with E-state index in [1.54, 1.807) is 0 Å². The Morgan fingerprint density at radius 2 is 2.06 bits per heavy atom. The Balaban J connectivity index is 2.15. The van der Waals surface area contributed by atoms with E-state index in [9.17, 15) is 0 Å². The molecule has 0 saturated heterocycles. The lowest BCUT2D eigenvalue weighted by atomic mass is 10.3. The number of imidazole rings is 1. The van der Waals surface area contributed by atoms with Gasteiger partial charge in [0.2, 0.25) is 5.13 Å². The van der Waals surface area contributed by atoms with Gasteiger partial charge in [-0.05, 0) is 25.5 Å². The molecule has 0 spiro atoms. The van der Waals surface area contributed by atoms with Crippen molar-refractivity contribution in [2.24, 2.45) is 0 Å². The number of hydrogen-bond acceptors (Lipinski definition) is 4. The Morgan fingerprint density at radius 1 is 1.22 bits per heavy atom. The molecule has 18 heavy (non-hydrogen) atoms. The first-order chi connectivity index (χ1) is 8.79. The first-order valence-electron chi connectivity index (χ1n) is 6.06. The van der Waals surface area contributed by atoms with Crippen LogP contribution in [0, 0.1) is 6.92 Å². The second kappa shape index (κ2) is 4.49. The van der Waals surface area contributed by atoms with Crippen molar-refractivity contribution in [3.8, 4) is 5.13 Å². The van der Waals surface area contributed by atoms with Crippen LogP contribution in [0.5, 0.6) is 0 Å². The van der Waals surface area contributed by atoms with Gasteiger partial charge in [-0.2, -0.15) is 4.37 Å². The van der Waals surface area contributed by atoms with Crippen molar-refractivity contribution in [3.05, 3.63) is 35.9 Å². The molecule has 3 rings (SSSR count). The summed E-state index contributed by atoms with van der Waals surface area (Å²) in [6, 6.07) is 8.11. The van der Waals surface area contributed by atoms with Gasteiger partial charge in [0, 0.05) is 18.0 Å². The third kappa shape index (κ3) is 1.80. The molecular weight excluding hydrogens is 244 g/mol. The van der Waals surface area contributed by atoms with Gasteiger partial charge in [-0.25, -0.2) is 9.97 Å². The molecule has 0 aliphatic carbocycles. The van der Waals surface area contributed by atoms with E-state index in [1.165, 1.54) is 11.5 Å². The molecule has 0 saturated carbocycles. The summed E-state index contributed by atoms with van der Waals surface area (Å²) >= 11 is 1.44. The maximum Gasteiger partial charge on any atom is 0.215 e. The van der Waals surface area contributed by atoms with Gasteiger partial charge < -0.3 is 0 Å². The van der Waals surface area contributed by atoms with E-state index in [1.807, 2.05) is 25.1 Å². The van der Waals surface area contributed by atoms with Crippen LogP contribution in [0.25, 0.3) is 16.2 Å². The monoisotopic (exact) mass is 258 g/mol. The van der Waals surface area contributed by atoms with Gasteiger partial charge in [0.25, 0.3) is 0 Å². The molecule has 92 valence electrons. The second-order valence-electron chi connectivity index (χ2n) is 4.23. The van der Waals surface area contributed by atoms with Gasteiger partial charge in [-0.15, -0.1) is 0 Å². The molecule has 2 heterocycles. The van der Waals surface area contributed by atoms with Gasteiger partial charge in [0.1, 0.15) is 11.6 Å². The lowest BCUT2D eigenvalue weighted by Crippen LogP contribution is -1.96. The number of aryl methyl sites for hydroxylation is 2. The van der Waals surface area contributed by atoms with Crippen LogP contribution >= 0.6 is 11.5 Å². The lowest BCUT2D eigenvalue weighted by Gasteiger charge is -2.00. The average Bonchev–Trinajstić information content (AvgIpc) is 2.92. The Labute approximate surface area is 109 Å². The molecule has 0 N–H and O–H groups in total. The Bertz CT molecular complexity index is 683. The Hall–Kier alpha value is -1.75. The SMILES string of the molecule is CCCc1nsc(-n2c(C)nc3ccccc32)n1. The zero-order valence-corrected chi connectivity index (χ0v) is 11.2. The first-order valence-corrected chi connectivity index (χ1v) is 6.84. The molecule has 5 heteroatoms. The third-order valence-corrected chi connectivity index (χ3v) is 3.59. The van der Waals surface area contributed by atoms with Gasteiger partial charge in [-0.1, -0.05) is 19.1 Å². The van der Waals surface area contributed by atoms with Crippen molar-refractivity contribution < 1.29 is 0 Å². The fraction of sp³-hybridized carbons (Fsp3) is 0.308. The molecule has 0 aliphatic heterocycles. The maximum absolute atomic E-state index is 4.58. The molecule has 4 nitrogen and oxygen atoms in total. The fourth-order valence-corrected chi connectivity index (χ4v) is 2.83. The van der Waals surface area contributed by atoms with Crippen LogP contribution in [0.3, 0.4) is 0 Å². The van der Waals surface area contributed by atoms with E-state index in [0.717, 1.165) is 40.7 Å². The van der Waals surface area contributed by atoms with Crippen LogP contribution in [0.15, 0.2) is 24.3 Å².